The molecule has 0 radical (unpaired) electrons. The van der Waals surface area contributed by atoms with Crippen LogP contribution in [0.4, 0.5) is 0 Å². The molecule has 8 nitrogen and oxygen atoms in total. The summed E-state index contributed by atoms with van der Waals surface area (Å²) in [5.41, 5.74) is 4.45. The second kappa shape index (κ2) is 4.95. The Bertz CT molecular complexity index is 705. The van der Waals surface area contributed by atoms with Crippen molar-refractivity contribution in [2.75, 3.05) is 0 Å². The molecule has 0 saturated heterocycles. The molecule has 2 saturated carbocycles. The van der Waals surface area contributed by atoms with E-state index in [1.807, 2.05) is 0 Å². The number of benzene rings is 1. The highest BCUT2D eigenvalue weighted by atomic mass is 16.4. The van der Waals surface area contributed by atoms with Gasteiger partial charge < -0.3 is 26.4 Å². The number of carboxylic acids is 2. The fourth-order valence-corrected chi connectivity index (χ4v) is 3.73. The molecule has 122 valence electrons. The number of phenols is 1. The van der Waals surface area contributed by atoms with E-state index in [2.05, 4.69) is 5.32 Å². The number of carbonyl (C=O) groups excluding carboxylic acids is 1. The van der Waals surface area contributed by atoms with Crippen LogP contribution in [0.15, 0.2) is 24.3 Å². The average molecular weight is 320 g/mol. The Balaban J connectivity index is 1.80. The summed E-state index contributed by atoms with van der Waals surface area (Å²) in [6.07, 6.45) is -0.0218. The standard InChI is InChI=1S/C15H16N2O6/c16-15(14(22)23)5-8(9-10(11(9)15)13(20)21)17-12(19)6-2-1-3-7(18)4-6/h1-4,8-11,18H,5,16H2,(H,17,19)(H,20,21)(H,22,23). The van der Waals surface area contributed by atoms with E-state index in [1.165, 1.54) is 24.3 Å². The molecule has 0 bridgehead atoms. The zero-order chi connectivity index (χ0) is 16.9. The van der Waals surface area contributed by atoms with Gasteiger partial charge in [-0.15, -0.1) is 0 Å². The van der Waals surface area contributed by atoms with Gasteiger partial charge in [0.05, 0.1) is 5.92 Å². The Labute approximate surface area is 130 Å². The van der Waals surface area contributed by atoms with Gasteiger partial charge in [-0.1, -0.05) is 6.07 Å². The van der Waals surface area contributed by atoms with Crippen molar-refractivity contribution in [3.05, 3.63) is 29.8 Å². The predicted molar refractivity (Wildman–Crippen MR) is 76.6 cm³/mol. The van der Waals surface area contributed by atoms with Crippen molar-refractivity contribution in [2.24, 2.45) is 23.5 Å². The molecule has 1 amide bonds. The molecule has 2 fully saturated rings. The van der Waals surface area contributed by atoms with E-state index in [-0.39, 0.29) is 17.7 Å². The number of amides is 1. The minimum Gasteiger partial charge on any atom is -0.508 e. The van der Waals surface area contributed by atoms with Crippen molar-refractivity contribution < 1.29 is 29.7 Å². The zero-order valence-corrected chi connectivity index (χ0v) is 12.0. The molecule has 0 heterocycles. The quantitative estimate of drug-likeness (QED) is 0.507. The van der Waals surface area contributed by atoms with E-state index in [0.29, 0.717) is 0 Å². The van der Waals surface area contributed by atoms with Gasteiger partial charge in [0.15, 0.2) is 0 Å². The summed E-state index contributed by atoms with van der Waals surface area (Å²) >= 11 is 0. The number of aliphatic carboxylic acids is 2. The molecular weight excluding hydrogens is 304 g/mol. The Morgan fingerprint density at radius 2 is 1.96 bits per heavy atom. The van der Waals surface area contributed by atoms with E-state index in [9.17, 15) is 29.7 Å². The lowest BCUT2D eigenvalue weighted by Gasteiger charge is -2.25. The topological polar surface area (TPSA) is 150 Å². The first-order valence-corrected chi connectivity index (χ1v) is 7.10. The van der Waals surface area contributed by atoms with Gasteiger partial charge in [-0.2, -0.15) is 0 Å². The number of nitrogens with one attached hydrogen (secondary N) is 1. The van der Waals surface area contributed by atoms with Crippen LogP contribution in [0.25, 0.3) is 0 Å². The van der Waals surface area contributed by atoms with E-state index >= 15 is 0 Å². The molecule has 0 aliphatic heterocycles. The number of carbonyl (C=O) groups is 3. The third-order valence-corrected chi connectivity index (χ3v) is 4.80. The van der Waals surface area contributed by atoms with E-state index in [1.54, 1.807) is 0 Å². The minimum atomic E-state index is -1.65. The van der Waals surface area contributed by atoms with Crippen molar-refractivity contribution in [2.45, 2.75) is 18.0 Å². The first kappa shape index (κ1) is 15.3. The molecule has 0 spiro atoms. The lowest BCUT2D eigenvalue weighted by Crippen LogP contribution is -2.52. The summed E-state index contributed by atoms with van der Waals surface area (Å²) in [5, 5.41) is 30.5. The van der Waals surface area contributed by atoms with Gasteiger partial charge in [-0.05, 0) is 30.5 Å². The Morgan fingerprint density at radius 1 is 1.26 bits per heavy atom. The van der Waals surface area contributed by atoms with Gasteiger partial charge in [-0.25, -0.2) is 0 Å². The monoisotopic (exact) mass is 320 g/mol. The number of hydrogen-bond acceptors (Lipinski definition) is 5. The third-order valence-electron chi connectivity index (χ3n) is 4.80. The second-order valence-electron chi connectivity index (χ2n) is 6.15. The lowest BCUT2D eigenvalue weighted by atomic mass is 9.90. The molecule has 2 aliphatic carbocycles. The van der Waals surface area contributed by atoms with Gasteiger partial charge in [0.25, 0.3) is 5.91 Å². The van der Waals surface area contributed by atoms with Crippen LogP contribution in [-0.4, -0.2) is 44.7 Å². The van der Waals surface area contributed by atoms with Gasteiger partial charge in [0.1, 0.15) is 11.3 Å². The number of hydrogen-bond donors (Lipinski definition) is 5. The molecule has 0 aromatic heterocycles. The van der Waals surface area contributed by atoms with Crippen LogP contribution in [0, 0.1) is 17.8 Å². The molecule has 5 unspecified atom stereocenters. The largest absolute Gasteiger partial charge is 0.508 e. The summed E-state index contributed by atoms with van der Waals surface area (Å²) in [4.78, 5) is 34.9. The maximum atomic E-state index is 12.2. The molecular formula is C15H16N2O6. The van der Waals surface area contributed by atoms with E-state index in [4.69, 9.17) is 5.73 Å². The summed E-state index contributed by atoms with van der Waals surface area (Å²) in [6.45, 7) is 0. The van der Waals surface area contributed by atoms with E-state index < -0.39 is 47.2 Å². The van der Waals surface area contributed by atoms with Crippen molar-refractivity contribution in [1.29, 1.82) is 0 Å². The SMILES string of the molecule is NC1(C(=O)O)CC(NC(=O)c2cccc(O)c2)C2C(C(=O)O)C21. The number of fused-ring (bicyclic) bond motifs is 1. The summed E-state index contributed by atoms with van der Waals surface area (Å²) in [5.74, 6) is -4.98. The molecule has 23 heavy (non-hydrogen) atoms. The zero-order valence-electron chi connectivity index (χ0n) is 12.0. The van der Waals surface area contributed by atoms with Crippen LogP contribution in [-0.2, 0) is 9.59 Å². The maximum absolute atomic E-state index is 12.2. The van der Waals surface area contributed by atoms with Crippen molar-refractivity contribution in [1.82, 2.24) is 5.32 Å². The van der Waals surface area contributed by atoms with Gasteiger partial charge >= 0.3 is 11.9 Å². The highest BCUT2D eigenvalue weighted by Crippen LogP contribution is 2.61. The number of phenolic OH excluding ortho intramolecular Hbond substituents is 1. The van der Waals surface area contributed by atoms with Crippen LogP contribution >= 0.6 is 0 Å². The molecule has 8 heteroatoms. The van der Waals surface area contributed by atoms with Crippen molar-refractivity contribution in [3.8, 4) is 5.75 Å². The molecule has 1 aromatic rings. The van der Waals surface area contributed by atoms with Crippen LogP contribution in [0.2, 0.25) is 0 Å². The number of nitrogens with two attached hydrogens (primary N) is 1. The Kier molecular flexibility index (Phi) is 3.29. The van der Waals surface area contributed by atoms with Crippen LogP contribution in [0.1, 0.15) is 16.8 Å². The third kappa shape index (κ3) is 2.31. The van der Waals surface area contributed by atoms with Crippen LogP contribution in [0.5, 0.6) is 5.75 Å². The van der Waals surface area contributed by atoms with Gasteiger partial charge in [0, 0.05) is 17.5 Å². The highest BCUT2D eigenvalue weighted by molar-refractivity contribution is 5.95. The van der Waals surface area contributed by atoms with Gasteiger partial charge in [-0.3, -0.25) is 14.4 Å². The number of carboxylic acid groups (broad SMARTS) is 2. The summed E-state index contributed by atoms with van der Waals surface area (Å²) < 4.78 is 0. The van der Waals surface area contributed by atoms with E-state index in [0.717, 1.165) is 0 Å². The lowest BCUT2D eigenvalue weighted by molar-refractivity contribution is -0.145. The molecule has 6 N–H and O–H groups in total. The minimum absolute atomic E-state index is 0.0218. The molecule has 2 aliphatic rings. The van der Waals surface area contributed by atoms with Crippen molar-refractivity contribution >= 4 is 17.8 Å². The number of rotatable bonds is 4. The normalized spacial score (nSPS) is 34.5. The van der Waals surface area contributed by atoms with Gasteiger partial charge in [0.2, 0.25) is 0 Å². The van der Waals surface area contributed by atoms with Crippen LogP contribution < -0.4 is 11.1 Å². The average Bonchev–Trinajstić information content (AvgIpc) is 3.16. The smallest absolute Gasteiger partial charge is 0.324 e. The highest BCUT2D eigenvalue weighted by Gasteiger charge is 2.74. The first-order valence-electron chi connectivity index (χ1n) is 7.10. The van der Waals surface area contributed by atoms with Crippen molar-refractivity contribution in [3.63, 3.8) is 0 Å². The maximum Gasteiger partial charge on any atom is 0.324 e. The number of aromatic hydroxyl groups is 1. The summed E-state index contributed by atoms with van der Waals surface area (Å²) in [6, 6.07) is 5.06. The molecule has 3 rings (SSSR count). The molecule has 5 atom stereocenters. The molecule has 1 aromatic carbocycles. The first-order chi connectivity index (χ1) is 10.8. The van der Waals surface area contributed by atoms with Crippen LogP contribution in [0.3, 0.4) is 0 Å². The predicted octanol–water partition coefficient (Wildman–Crippen LogP) is -0.377. The summed E-state index contributed by atoms with van der Waals surface area (Å²) in [7, 11) is 0. The fourth-order valence-electron chi connectivity index (χ4n) is 3.73. The second-order valence-corrected chi connectivity index (χ2v) is 6.15. The fraction of sp³-hybridized carbons (Fsp3) is 0.400. The Morgan fingerprint density at radius 3 is 2.52 bits per heavy atom. The Hall–Kier alpha value is -2.61.